The zero-order valence-corrected chi connectivity index (χ0v) is 14.2. The van der Waals surface area contributed by atoms with E-state index < -0.39 is 0 Å². The summed E-state index contributed by atoms with van der Waals surface area (Å²) >= 11 is 5.17. The molecule has 0 N–H and O–H groups in total. The highest BCUT2D eigenvalue weighted by atomic mass is 79.9. The lowest BCUT2D eigenvalue weighted by Crippen LogP contribution is -2.46. The van der Waals surface area contributed by atoms with Gasteiger partial charge in [0.25, 0.3) is 0 Å². The van der Waals surface area contributed by atoms with Gasteiger partial charge in [-0.15, -0.1) is 11.3 Å². The predicted octanol–water partition coefficient (Wildman–Crippen LogP) is 3.43. The summed E-state index contributed by atoms with van der Waals surface area (Å²) in [5, 5.41) is 3.08. The number of hydrogen-bond donors (Lipinski definition) is 0. The number of rotatable bonds is 3. The van der Waals surface area contributed by atoms with E-state index in [0.717, 1.165) is 47.0 Å². The number of carbonyl (C=O) groups excluding carboxylic acids is 1. The fourth-order valence-electron chi connectivity index (χ4n) is 2.57. The molecule has 1 fully saturated rings. The van der Waals surface area contributed by atoms with Crippen molar-refractivity contribution in [3.05, 3.63) is 39.8 Å². The molecular formula is C15H16BrN3OS. The largest absolute Gasteiger partial charge is 0.367 e. The number of thiazole rings is 1. The van der Waals surface area contributed by atoms with Gasteiger partial charge in [0.15, 0.2) is 10.9 Å². The maximum atomic E-state index is 11.8. The van der Waals surface area contributed by atoms with Crippen LogP contribution in [0.2, 0.25) is 0 Å². The van der Waals surface area contributed by atoms with Crippen LogP contribution in [0.3, 0.4) is 0 Å². The van der Waals surface area contributed by atoms with Crippen LogP contribution >= 0.6 is 27.3 Å². The second-order valence-electron chi connectivity index (χ2n) is 5.01. The van der Waals surface area contributed by atoms with Crippen LogP contribution in [0.5, 0.6) is 0 Å². The third-order valence-electron chi connectivity index (χ3n) is 3.65. The Morgan fingerprint density at radius 2 is 1.95 bits per heavy atom. The first-order valence-electron chi connectivity index (χ1n) is 6.85. The van der Waals surface area contributed by atoms with Crippen molar-refractivity contribution in [3.8, 4) is 0 Å². The highest BCUT2D eigenvalue weighted by Gasteiger charge is 2.21. The van der Waals surface area contributed by atoms with Crippen LogP contribution in [0, 0.1) is 0 Å². The Balaban J connectivity index is 1.78. The Labute approximate surface area is 136 Å². The molecule has 1 aromatic heterocycles. The minimum atomic E-state index is 0.111. The van der Waals surface area contributed by atoms with Crippen LogP contribution in [-0.4, -0.2) is 36.9 Å². The molecule has 1 aromatic carbocycles. The van der Waals surface area contributed by atoms with Gasteiger partial charge in [0.2, 0.25) is 0 Å². The average molecular weight is 366 g/mol. The summed E-state index contributed by atoms with van der Waals surface area (Å²) in [5.74, 6) is 0.111. The van der Waals surface area contributed by atoms with Crippen molar-refractivity contribution in [1.29, 1.82) is 0 Å². The van der Waals surface area contributed by atoms with E-state index in [1.807, 2.05) is 29.8 Å². The SMILES string of the molecule is CC(=O)c1ccc(Br)cc1N1CCN(c2nccs2)CC1. The number of hydrogen-bond acceptors (Lipinski definition) is 5. The Kier molecular flexibility index (Phi) is 4.26. The molecule has 0 aliphatic carbocycles. The third kappa shape index (κ3) is 3.11. The first kappa shape index (κ1) is 14.5. The van der Waals surface area contributed by atoms with Crippen molar-refractivity contribution in [3.63, 3.8) is 0 Å². The standard InChI is InChI=1S/C15H16BrN3OS/c1-11(20)13-3-2-12(16)10-14(13)18-5-7-19(8-6-18)15-17-4-9-21-15/h2-4,9-10H,5-8H2,1H3. The zero-order valence-electron chi connectivity index (χ0n) is 11.8. The average Bonchev–Trinajstić information content (AvgIpc) is 3.01. The summed E-state index contributed by atoms with van der Waals surface area (Å²) in [4.78, 5) is 20.8. The number of ketones is 1. The van der Waals surface area contributed by atoms with E-state index >= 15 is 0 Å². The molecule has 1 saturated heterocycles. The molecule has 0 spiro atoms. The molecule has 3 rings (SSSR count). The maximum Gasteiger partial charge on any atom is 0.185 e. The molecule has 110 valence electrons. The van der Waals surface area contributed by atoms with E-state index in [9.17, 15) is 4.79 Å². The molecule has 2 heterocycles. The highest BCUT2D eigenvalue weighted by Crippen LogP contribution is 2.28. The van der Waals surface area contributed by atoms with Gasteiger partial charge in [-0.25, -0.2) is 4.98 Å². The lowest BCUT2D eigenvalue weighted by Gasteiger charge is -2.36. The minimum Gasteiger partial charge on any atom is -0.367 e. The molecule has 4 nitrogen and oxygen atoms in total. The summed E-state index contributed by atoms with van der Waals surface area (Å²) in [5.41, 5.74) is 1.82. The Hall–Kier alpha value is -1.40. The van der Waals surface area contributed by atoms with Crippen LogP contribution in [-0.2, 0) is 0 Å². The van der Waals surface area contributed by atoms with Crippen LogP contribution in [0.1, 0.15) is 17.3 Å². The Morgan fingerprint density at radius 1 is 1.24 bits per heavy atom. The van der Waals surface area contributed by atoms with E-state index in [0.29, 0.717) is 0 Å². The maximum absolute atomic E-state index is 11.8. The van der Waals surface area contributed by atoms with E-state index in [2.05, 4.69) is 30.7 Å². The number of carbonyl (C=O) groups is 1. The molecule has 0 saturated carbocycles. The lowest BCUT2D eigenvalue weighted by atomic mass is 10.1. The second kappa shape index (κ2) is 6.15. The van der Waals surface area contributed by atoms with Gasteiger partial charge in [0, 0.05) is 53.5 Å². The van der Waals surface area contributed by atoms with Gasteiger partial charge in [-0.3, -0.25) is 4.79 Å². The molecule has 6 heteroatoms. The van der Waals surface area contributed by atoms with Crippen molar-refractivity contribution in [2.24, 2.45) is 0 Å². The van der Waals surface area contributed by atoms with Gasteiger partial charge in [0.1, 0.15) is 0 Å². The Bertz CT molecular complexity index is 636. The molecule has 1 aliphatic rings. The van der Waals surface area contributed by atoms with Gasteiger partial charge in [0.05, 0.1) is 0 Å². The number of anilines is 2. The van der Waals surface area contributed by atoms with Crippen LogP contribution in [0.4, 0.5) is 10.8 Å². The van der Waals surface area contributed by atoms with Crippen molar-refractivity contribution in [2.75, 3.05) is 36.0 Å². The summed E-state index contributed by atoms with van der Waals surface area (Å²) in [7, 11) is 0. The molecule has 0 radical (unpaired) electrons. The number of halogens is 1. The van der Waals surface area contributed by atoms with Crippen molar-refractivity contribution >= 4 is 43.9 Å². The molecule has 1 aliphatic heterocycles. The lowest BCUT2D eigenvalue weighted by molar-refractivity contribution is 0.101. The molecule has 0 atom stereocenters. The summed E-state index contributed by atoms with van der Waals surface area (Å²) in [6.07, 6.45) is 1.84. The van der Waals surface area contributed by atoms with Gasteiger partial charge >= 0.3 is 0 Å². The van der Waals surface area contributed by atoms with Gasteiger partial charge in [-0.05, 0) is 25.1 Å². The molecule has 0 unspecified atom stereocenters. The fraction of sp³-hybridized carbons (Fsp3) is 0.333. The van der Waals surface area contributed by atoms with Crippen LogP contribution < -0.4 is 9.80 Å². The first-order valence-corrected chi connectivity index (χ1v) is 8.52. The second-order valence-corrected chi connectivity index (χ2v) is 6.80. The minimum absolute atomic E-state index is 0.111. The summed E-state index contributed by atoms with van der Waals surface area (Å²) in [6.45, 7) is 5.28. The normalized spacial score (nSPS) is 15.3. The van der Waals surface area contributed by atoms with Crippen molar-refractivity contribution < 1.29 is 4.79 Å². The van der Waals surface area contributed by atoms with Crippen LogP contribution in [0.15, 0.2) is 34.2 Å². The fourth-order valence-corrected chi connectivity index (χ4v) is 3.62. The molecule has 21 heavy (non-hydrogen) atoms. The molecule has 0 bridgehead atoms. The van der Waals surface area contributed by atoms with E-state index in [-0.39, 0.29) is 5.78 Å². The Morgan fingerprint density at radius 3 is 2.57 bits per heavy atom. The summed E-state index contributed by atoms with van der Waals surface area (Å²) < 4.78 is 1.00. The van der Waals surface area contributed by atoms with Crippen molar-refractivity contribution in [2.45, 2.75) is 6.92 Å². The predicted molar refractivity (Wildman–Crippen MR) is 90.7 cm³/mol. The third-order valence-corrected chi connectivity index (χ3v) is 4.97. The number of piperazine rings is 1. The van der Waals surface area contributed by atoms with E-state index in [1.165, 1.54) is 0 Å². The zero-order chi connectivity index (χ0) is 14.8. The highest BCUT2D eigenvalue weighted by molar-refractivity contribution is 9.10. The number of nitrogens with zero attached hydrogens (tertiary/aromatic N) is 3. The number of Topliss-reactive ketones (excluding diaryl/α,β-unsaturated/α-hetero) is 1. The quantitative estimate of drug-likeness (QED) is 0.780. The molecular weight excluding hydrogens is 350 g/mol. The van der Waals surface area contributed by atoms with E-state index in [1.54, 1.807) is 18.3 Å². The van der Waals surface area contributed by atoms with Crippen molar-refractivity contribution in [1.82, 2.24) is 4.98 Å². The van der Waals surface area contributed by atoms with Gasteiger partial charge in [-0.2, -0.15) is 0 Å². The number of aromatic nitrogens is 1. The smallest absolute Gasteiger partial charge is 0.185 e. The first-order chi connectivity index (χ1) is 10.1. The number of benzene rings is 1. The monoisotopic (exact) mass is 365 g/mol. The van der Waals surface area contributed by atoms with E-state index in [4.69, 9.17) is 0 Å². The topological polar surface area (TPSA) is 36.4 Å². The molecule has 0 amide bonds. The molecule has 2 aromatic rings. The van der Waals surface area contributed by atoms with Gasteiger partial charge in [-0.1, -0.05) is 15.9 Å². The van der Waals surface area contributed by atoms with Gasteiger partial charge < -0.3 is 9.80 Å². The summed E-state index contributed by atoms with van der Waals surface area (Å²) in [6, 6.07) is 5.86. The van der Waals surface area contributed by atoms with Crippen LogP contribution in [0.25, 0.3) is 0 Å².